The number of hydrogen-bond donors (Lipinski definition) is 3. The highest BCUT2D eigenvalue weighted by molar-refractivity contribution is 5.98. The molecule has 1 aromatic heterocycles. The Morgan fingerprint density at radius 1 is 1.41 bits per heavy atom. The molecule has 0 aliphatic rings. The summed E-state index contributed by atoms with van der Waals surface area (Å²) < 4.78 is 0. The molecule has 0 spiro atoms. The number of anilines is 1. The standard InChI is InChI=1S/C15H16N4O3/c1-9(2)12-7-13(20)18-15(17-12)19-16-8-10-5-3-4-6-11(10)14(21)22/h3-9H,1-2H3,(H,21,22)(H2,17,18,19,20)/b16-8-. The smallest absolute Gasteiger partial charge is 0.336 e. The molecule has 7 nitrogen and oxygen atoms in total. The summed E-state index contributed by atoms with van der Waals surface area (Å²) in [6.45, 7) is 3.86. The van der Waals surface area contributed by atoms with E-state index in [4.69, 9.17) is 5.11 Å². The summed E-state index contributed by atoms with van der Waals surface area (Å²) in [6, 6.07) is 7.91. The van der Waals surface area contributed by atoms with Gasteiger partial charge in [0.2, 0.25) is 5.95 Å². The van der Waals surface area contributed by atoms with Gasteiger partial charge < -0.3 is 5.11 Å². The van der Waals surface area contributed by atoms with Gasteiger partial charge in [0.25, 0.3) is 5.56 Å². The molecule has 0 saturated carbocycles. The van der Waals surface area contributed by atoms with Crippen molar-refractivity contribution >= 4 is 18.1 Å². The number of H-pyrrole nitrogens is 1. The fraction of sp³-hybridized carbons (Fsp3) is 0.200. The largest absolute Gasteiger partial charge is 0.478 e. The van der Waals surface area contributed by atoms with Gasteiger partial charge in [-0.05, 0) is 12.0 Å². The second kappa shape index (κ2) is 6.66. The van der Waals surface area contributed by atoms with Gasteiger partial charge in [-0.2, -0.15) is 5.10 Å². The van der Waals surface area contributed by atoms with Crippen LogP contribution < -0.4 is 11.0 Å². The second-order valence-corrected chi connectivity index (χ2v) is 4.94. The number of hydrogen-bond acceptors (Lipinski definition) is 5. The molecule has 2 aromatic rings. The van der Waals surface area contributed by atoms with Crippen molar-refractivity contribution in [1.82, 2.24) is 9.97 Å². The van der Waals surface area contributed by atoms with Crippen molar-refractivity contribution in [2.24, 2.45) is 5.10 Å². The number of rotatable bonds is 5. The van der Waals surface area contributed by atoms with Crippen LogP contribution in [0, 0.1) is 0 Å². The number of nitrogens with one attached hydrogen (secondary N) is 2. The predicted molar refractivity (Wildman–Crippen MR) is 83.6 cm³/mol. The average molecular weight is 300 g/mol. The van der Waals surface area contributed by atoms with E-state index in [1.807, 2.05) is 13.8 Å². The van der Waals surface area contributed by atoms with E-state index in [1.54, 1.807) is 18.2 Å². The number of aromatic amines is 1. The van der Waals surface area contributed by atoms with Crippen LogP contribution in [0.4, 0.5) is 5.95 Å². The molecule has 1 heterocycles. The molecule has 7 heteroatoms. The third kappa shape index (κ3) is 3.78. The first-order chi connectivity index (χ1) is 10.5. The fourth-order valence-corrected chi connectivity index (χ4v) is 1.79. The van der Waals surface area contributed by atoms with E-state index >= 15 is 0 Å². The van der Waals surface area contributed by atoms with E-state index in [-0.39, 0.29) is 23.0 Å². The monoisotopic (exact) mass is 300 g/mol. The van der Waals surface area contributed by atoms with Gasteiger partial charge in [-0.15, -0.1) is 0 Å². The zero-order valence-electron chi connectivity index (χ0n) is 12.2. The summed E-state index contributed by atoms with van der Waals surface area (Å²) in [5.41, 5.74) is 3.57. The lowest BCUT2D eigenvalue weighted by atomic mass is 10.1. The fourth-order valence-electron chi connectivity index (χ4n) is 1.79. The van der Waals surface area contributed by atoms with E-state index in [2.05, 4.69) is 20.5 Å². The third-order valence-corrected chi connectivity index (χ3v) is 2.92. The maximum Gasteiger partial charge on any atom is 0.336 e. The number of carboxylic acids is 1. The van der Waals surface area contributed by atoms with Crippen LogP contribution in [0.2, 0.25) is 0 Å². The molecule has 22 heavy (non-hydrogen) atoms. The summed E-state index contributed by atoms with van der Waals surface area (Å²) in [5, 5.41) is 13.0. The van der Waals surface area contributed by atoms with Gasteiger partial charge in [0.1, 0.15) is 0 Å². The zero-order chi connectivity index (χ0) is 16.1. The minimum Gasteiger partial charge on any atom is -0.478 e. The summed E-state index contributed by atoms with van der Waals surface area (Å²) in [5.74, 6) is -0.713. The molecule has 0 fully saturated rings. The van der Waals surface area contributed by atoms with Crippen LogP contribution in [0.3, 0.4) is 0 Å². The molecule has 0 amide bonds. The number of hydrazone groups is 1. The van der Waals surface area contributed by atoms with Crippen molar-refractivity contribution in [2.45, 2.75) is 19.8 Å². The molecule has 0 atom stereocenters. The van der Waals surface area contributed by atoms with Gasteiger partial charge >= 0.3 is 5.97 Å². The highest BCUT2D eigenvalue weighted by Gasteiger charge is 2.07. The lowest BCUT2D eigenvalue weighted by molar-refractivity contribution is 0.0697. The molecule has 0 saturated heterocycles. The summed E-state index contributed by atoms with van der Waals surface area (Å²) in [6.07, 6.45) is 1.37. The molecule has 114 valence electrons. The van der Waals surface area contributed by atoms with Crippen LogP contribution in [0.15, 0.2) is 40.2 Å². The maximum atomic E-state index is 11.5. The van der Waals surface area contributed by atoms with Crippen LogP contribution in [-0.4, -0.2) is 27.3 Å². The molecular formula is C15H16N4O3. The van der Waals surface area contributed by atoms with Crippen LogP contribution in [0.1, 0.15) is 41.4 Å². The van der Waals surface area contributed by atoms with Crippen molar-refractivity contribution in [3.63, 3.8) is 0 Å². The van der Waals surface area contributed by atoms with Crippen LogP contribution in [-0.2, 0) is 0 Å². The first-order valence-electron chi connectivity index (χ1n) is 6.70. The quantitative estimate of drug-likeness (QED) is 0.578. The number of carbonyl (C=O) groups is 1. The zero-order valence-corrected chi connectivity index (χ0v) is 12.2. The number of nitrogens with zero attached hydrogens (tertiary/aromatic N) is 2. The molecule has 1 aromatic carbocycles. The van der Waals surface area contributed by atoms with Crippen LogP contribution in [0.25, 0.3) is 0 Å². The number of benzene rings is 1. The molecule has 0 unspecified atom stereocenters. The van der Waals surface area contributed by atoms with Crippen molar-refractivity contribution in [3.05, 3.63) is 57.5 Å². The Bertz CT molecular complexity index is 765. The number of aromatic carboxylic acids is 1. The molecule has 2 rings (SSSR count). The van der Waals surface area contributed by atoms with E-state index < -0.39 is 5.97 Å². The van der Waals surface area contributed by atoms with Crippen molar-refractivity contribution in [2.75, 3.05) is 5.43 Å². The van der Waals surface area contributed by atoms with Crippen molar-refractivity contribution < 1.29 is 9.90 Å². The predicted octanol–water partition coefficient (Wildman–Crippen LogP) is 2.04. The Balaban J connectivity index is 2.20. The molecule has 0 radical (unpaired) electrons. The number of aromatic nitrogens is 2. The second-order valence-electron chi connectivity index (χ2n) is 4.94. The topological polar surface area (TPSA) is 107 Å². The van der Waals surface area contributed by atoms with E-state index in [1.165, 1.54) is 18.3 Å². The summed E-state index contributed by atoms with van der Waals surface area (Å²) in [7, 11) is 0. The Morgan fingerprint density at radius 2 is 2.14 bits per heavy atom. The van der Waals surface area contributed by atoms with Gasteiger partial charge in [-0.1, -0.05) is 32.0 Å². The van der Waals surface area contributed by atoms with Gasteiger partial charge in [0.15, 0.2) is 0 Å². The minimum atomic E-state index is -1.03. The van der Waals surface area contributed by atoms with Crippen molar-refractivity contribution in [1.29, 1.82) is 0 Å². The Labute approximate surface area is 126 Å². The first kappa shape index (κ1) is 15.4. The molecular weight excluding hydrogens is 284 g/mol. The number of carboxylic acid groups (broad SMARTS) is 1. The Hall–Kier alpha value is -2.96. The SMILES string of the molecule is CC(C)c1cc(=O)[nH]c(N/N=C\c2ccccc2C(=O)O)n1. The molecule has 0 bridgehead atoms. The van der Waals surface area contributed by atoms with Gasteiger partial charge in [0, 0.05) is 11.6 Å². The Kier molecular flexibility index (Phi) is 4.67. The first-order valence-corrected chi connectivity index (χ1v) is 6.70. The Morgan fingerprint density at radius 3 is 2.82 bits per heavy atom. The van der Waals surface area contributed by atoms with Gasteiger partial charge in [-0.25, -0.2) is 15.2 Å². The van der Waals surface area contributed by atoms with Gasteiger partial charge in [-0.3, -0.25) is 9.78 Å². The highest BCUT2D eigenvalue weighted by Crippen LogP contribution is 2.10. The van der Waals surface area contributed by atoms with Gasteiger partial charge in [0.05, 0.1) is 17.5 Å². The summed E-state index contributed by atoms with van der Waals surface area (Å²) in [4.78, 5) is 29.3. The normalized spacial score (nSPS) is 11.0. The minimum absolute atomic E-state index is 0.111. The maximum absolute atomic E-state index is 11.5. The van der Waals surface area contributed by atoms with Crippen LogP contribution >= 0.6 is 0 Å². The summed E-state index contributed by atoms with van der Waals surface area (Å²) >= 11 is 0. The van der Waals surface area contributed by atoms with Crippen molar-refractivity contribution in [3.8, 4) is 0 Å². The lowest BCUT2D eigenvalue weighted by Gasteiger charge is -2.06. The molecule has 0 aliphatic carbocycles. The van der Waals surface area contributed by atoms with E-state index in [9.17, 15) is 9.59 Å². The lowest BCUT2D eigenvalue weighted by Crippen LogP contribution is -2.12. The average Bonchev–Trinajstić information content (AvgIpc) is 2.47. The highest BCUT2D eigenvalue weighted by atomic mass is 16.4. The van der Waals surface area contributed by atoms with Crippen LogP contribution in [0.5, 0.6) is 0 Å². The van der Waals surface area contributed by atoms with E-state index in [0.29, 0.717) is 11.3 Å². The molecule has 0 aliphatic heterocycles. The molecule has 3 N–H and O–H groups in total. The third-order valence-electron chi connectivity index (χ3n) is 2.92. The van der Waals surface area contributed by atoms with E-state index in [0.717, 1.165) is 0 Å².